The van der Waals surface area contributed by atoms with Crippen molar-refractivity contribution < 1.29 is 19.0 Å². The van der Waals surface area contributed by atoms with Gasteiger partial charge in [-0.1, -0.05) is 18.7 Å². The topological polar surface area (TPSA) is 104 Å². The van der Waals surface area contributed by atoms with Crippen molar-refractivity contribution in [1.29, 1.82) is 0 Å². The molecular weight excluding hydrogens is 456 g/mol. The van der Waals surface area contributed by atoms with Gasteiger partial charge in [0.25, 0.3) is 5.91 Å². The van der Waals surface area contributed by atoms with Crippen LogP contribution in [-0.4, -0.2) is 72.4 Å². The van der Waals surface area contributed by atoms with Crippen LogP contribution in [0.15, 0.2) is 23.5 Å². The molecule has 0 radical (unpaired) electrons. The van der Waals surface area contributed by atoms with Gasteiger partial charge < -0.3 is 24.4 Å². The van der Waals surface area contributed by atoms with Crippen molar-refractivity contribution in [1.82, 2.24) is 25.1 Å². The second-order valence-electron chi connectivity index (χ2n) is 7.73. The number of thioether (sulfide) groups is 1. The van der Waals surface area contributed by atoms with Crippen molar-refractivity contribution in [3.63, 3.8) is 0 Å². The highest BCUT2D eigenvalue weighted by atomic mass is 32.2. The summed E-state index contributed by atoms with van der Waals surface area (Å²) in [6.07, 6.45) is 4.16. The third kappa shape index (κ3) is 4.84. The van der Waals surface area contributed by atoms with E-state index >= 15 is 0 Å². The van der Waals surface area contributed by atoms with E-state index in [9.17, 15) is 4.79 Å². The number of rotatable bonds is 10. The number of nitrogens with zero attached hydrogens (tertiary/aromatic N) is 5. The summed E-state index contributed by atoms with van der Waals surface area (Å²) in [5, 5.41) is 9.18. The first kappa shape index (κ1) is 23.9. The van der Waals surface area contributed by atoms with Crippen molar-refractivity contribution in [3.8, 4) is 17.2 Å². The van der Waals surface area contributed by atoms with Crippen LogP contribution in [0.3, 0.4) is 0 Å². The number of hydrogen-bond donors (Lipinski definition) is 1. The molecule has 1 fully saturated rings. The molecule has 3 aromatic rings. The van der Waals surface area contributed by atoms with Crippen molar-refractivity contribution in [2.45, 2.75) is 31.5 Å². The summed E-state index contributed by atoms with van der Waals surface area (Å²) < 4.78 is 17.8. The van der Waals surface area contributed by atoms with Crippen LogP contribution in [0, 0.1) is 0 Å². The van der Waals surface area contributed by atoms with Gasteiger partial charge in [-0.15, -0.1) is 0 Å². The molecule has 1 aliphatic rings. The number of ether oxygens (including phenoxy) is 3. The van der Waals surface area contributed by atoms with Gasteiger partial charge in [-0.2, -0.15) is 5.10 Å². The van der Waals surface area contributed by atoms with Crippen molar-refractivity contribution in [2.24, 2.45) is 0 Å². The minimum Gasteiger partial charge on any atom is -0.493 e. The van der Waals surface area contributed by atoms with E-state index in [0.717, 1.165) is 40.9 Å². The third-order valence-electron chi connectivity index (χ3n) is 5.67. The lowest BCUT2D eigenvalue weighted by molar-refractivity contribution is 0.0951. The monoisotopic (exact) mass is 486 g/mol. The van der Waals surface area contributed by atoms with Crippen LogP contribution in [0.2, 0.25) is 0 Å². The highest BCUT2D eigenvalue weighted by Crippen LogP contribution is 2.38. The quantitative estimate of drug-likeness (QED) is 0.342. The largest absolute Gasteiger partial charge is 0.493 e. The molecule has 4 rings (SSSR count). The Labute approximate surface area is 203 Å². The molecule has 0 aliphatic carbocycles. The molecule has 1 saturated heterocycles. The van der Waals surface area contributed by atoms with Gasteiger partial charge in [0, 0.05) is 25.2 Å². The van der Waals surface area contributed by atoms with E-state index in [1.54, 1.807) is 23.9 Å². The van der Waals surface area contributed by atoms with Crippen LogP contribution in [0.5, 0.6) is 17.2 Å². The molecule has 1 N–H and O–H groups in total. The number of amides is 1. The van der Waals surface area contributed by atoms with Crippen LogP contribution in [-0.2, 0) is 6.54 Å². The standard InChI is InChI=1S/C23H30N6O4S/c1-5-34-23-26-20(28-9-6-7-10-28)16-14-25-29(21(16)27-23)11-8-24-22(30)15-12-17(31-2)19(33-4)18(13-15)32-3/h12-14H,5-11H2,1-4H3,(H,24,30). The van der Waals surface area contributed by atoms with Gasteiger partial charge >= 0.3 is 0 Å². The number of benzene rings is 1. The molecule has 10 nitrogen and oxygen atoms in total. The van der Waals surface area contributed by atoms with Gasteiger partial charge in [0.1, 0.15) is 5.82 Å². The summed E-state index contributed by atoms with van der Waals surface area (Å²) in [7, 11) is 4.56. The molecule has 1 aromatic carbocycles. The minimum absolute atomic E-state index is 0.245. The van der Waals surface area contributed by atoms with Gasteiger partial charge in [-0.3, -0.25) is 4.79 Å². The lowest BCUT2D eigenvalue weighted by atomic mass is 10.1. The zero-order chi connectivity index (χ0) is 24.1. The molecule has 2 aromatic heterocycles. The number of methoxy groups -OCH3 is 3. The van der Waals surface area contributed by atoms with Crippen LogP contribution in [0.4, 0.5) is 5.82 Å². The van der Waals surface area contributed by atoms with Crippen LogP contribution < -0.4 is 24.4 Å². The fourth-order valence-corrected chi connectivity index (χ4v) is 4.60. The smallest absolute Gasteiger partial charge is 0.251 e. The molecule has 0 spiro atoms. The van der Waals surface area contributed by atoms with Gasteiger partial charge in [-0.25, -0.2) is 14.6 Å². The Balaban J connectivity index is 1.51. The fourth-order valence-electron chi connectivity index (χ4n) is 4.04. The maximum Gasteiger partial charge on any atom is 0.251 e. The number of hydrogen-bond acceptors (Lipinski definition) is 9. The number of nitrogens with one attached hydrogen (secondary N) is 1. The Kier molecular flexibility index (Phi) is 7.61. The zero-order valence-corrected chi connectivity index (χ0v) is 20.8. The maximum atomic E-state index is 12.8. The highest BCUT2D eigenvalue weighted by molar-refractivity contribution is 7.99. The Morgan fingerprint density at radius 3 is 2.41 bits per heavy atom. The van der Waals surface area contributed by atoms with Crippen molar-refractivity contribution in [3.05, 3.63) is 23.9 Å². The van der Waals surface area contributed by atoms with Crippen molar-refractivity contribution in [2.75, 3.05) is 51.6 Å². The van der Waals surface area contributed by atoms with E-state index in [4.69, 9.17) is 24.2 Å². The van der Waals surface area contributed by atoms with E-state index in [2.05, 4.69) is 22.2 Å². The molecule has 0 bridgehead atoms. The Morgan fingerprint density at radius 2 is 1.79 bits per heavy atom. The SMILES string of the molecule is CCSc1nc(N2CCCC2)c2cnn(CCNC(=O)c3cc(OC)c(OC)c(OC)c3)c2n1. The highest BCUT2D eigenvalue weighted by Gasteiger charge is 2.21. The molecule has 0 unspecified atom stereocenters. The summed E-state index contributed by atoms with van der Waals surface area (Å²) in [6, 6.07) is 3.26. The van der Waals surface area contributed by atoms with E-state index < -0.39 is 0 Å². The van der Waals surface area contributed by atoms with Crippen LogP contribution in [0.1, 0.15) is 30.1 Å². The number of carbonyl (C=O) groups excluding carboxylic acids is 1. The average molecular weight is 487 g/mol. The zero-order valence-electron chi connectivity index (χ0n) is 20.0. The summed E-state index contributed by atoms with van der Waals surface area (Å²) in [5.41, 5.74) is 1.20. The average Bonchev–Trinajstić information content (AvgIpc) is 3.53. The molecule has 1 aliphatic heterocycles. The summed E-state index contributed by atoms with van der Waals surface area (Å²) in [5.74, 6) is 2.90. The number of anilines is 1. The van der Waals surface area contributed by atoms with E-state index in [0.29, 0.717) is 35.9 Å². The van der Waals surface area contributed by atoms with E-state index in [1.165, 1.54) is 34.2 Å². The first-order chi connectivity index (χ1) is 16.6. The molecule has 1 amide bonds. The van der Waals surface area contributed by atoms with E-state index in [-0.39, 0.29) is 5.91 Å². The molecule has 3 heterocycles. The summed E-state index contributed by atoms with van der Waals surface area (Å²) in [4.78, 5) is 24.7. The second kappa shape index (κ2) is 10.8. The maximum absolute atomic E-state index is 12.8. The summed E-state index contributed by atoms with van der Waals surface area (Å²) in [6.45, 7) is 4.94. The molecular formula is C23H30N6O4S. The lowest BCUT2D eigenvalue weighted by Gasteiger charge is -2.17. The Hall–Kier alpha value is -3.21. The lowest BCUT2D eigenvalue weighted by Crippen LogP contribution is -2.27. The second-order valence-corrected chi connectivity index (χ2v) is 8.96. The van der Waals surface area contributed by atoms with Crippen LogP contribution >= 0.6 is 11.8 Å². The molecule has 0 saturated carbocycles. The van der Waals surface area contributed by atoms with Crippen molar-refractivity contribution >= 4 is 34.5 Å². The Morgan fingerprint density at radius 1 is 1.09 bits per heavy atom. The first-order valence-electron chi connectivity index (χ1n) is 11.3. The number of fused-ring (bicyclic) bond motifs is 1. The number of carbonyl (C=O) groups is 1. The molecule has 34 heavy (non-hydrogen) atoms. The molecule has 182 valence electrons. The minimum atomic E-state index is -0.245. The first-order valence-corrected chi connectivity index (χ1v) is 12.3. The predicted molar refractivity (Wildman–Crippen MR) is 132 cm³/mol. The van der Waals surface area contributed by atoms with Gasteiger partial charge in [-0.05, 0) is 30.7 Å². The molecule has 11 heteroatoms. The summed E-state index contributed by atoms with van der Waals surface area (Å²) >= 11 is 1.62. The van der Waals surface area contributed by atoms with Crippen LogP contribution in [0.25, 0.3) is 11.0 Å². The van der Waals surface area contributed by atoms with Gasteiger partial charge in [0.2, 0.25) is 5.75 Å². The van der Waals surface area contributed by atoms with Gasteiger partial charge in [0.15, 0.2) is 22.3 Å². The van der Waals surface area contributed by atoms with E-state index in [1.807, 2.05) is 10.9 Å². The third-order valence-corrected chi connectivity index (χ3v) is 6.40. The predicted octanol–water partition coefficient (Wildman–Crippen LogP) is 2.99. The molecule has 0 atom stereocenters. The Bertz CT molecular complexity index is 1140. The fraction of sp³-hybridized carbons (Fsp3) is 0.478. The van der Waals surface area contributed by atoms with Gasteiger partial charge in [0.05, 0.1) is 39.5 Å². The normalized spacial score (nSPS) is 13.4. The number of aromatic nitrogens is 4.